The predicted octanol–water partition coefficient (Wildman–Crippen LogP) is -0.225. The van der Waals surface area contributed by atoms with E-state index in [0.717, 1.165) is 0 Å². The molecule has 0 aliphatic carbocycles. The van der Waals surface area contributed by atoms with Gasteiger partial charge in [0, 0.05) is 12.8 Å². The predicted molar refractivity (Wildman–Crippen MR) is 56.9 cm³/mol. The standard InChI is InChI=1S/C10H20N2O3/c1-10(2,3)7(6-13)12-9(15)5-4-8(11)14/h7,13H,4-6H2,1-3H3,(H2,11,14)(H,12,15)/t7-/m1/s1. The minimum absolute atomic E-state index is 0.0358. The summed E-state index contributed by atoms with van der Waals surface area (Å²) in [6, 6.07) is -0.308. The summed E-state index contributed by atoms with van der Waals surface area (Å²) in [5.41, 5.74) is 4.71. The number of carbonyl (C=O) groups excluding carboxylic acids is 2. The second kappa shape index (κ2) is 5.70. The highest BCUT2D eigenvalue weighted by Crippen LogP contribution is 2.18. The molecule has 0 saturated heterocycles. The molecule has 0 aromatic carbocycles. The van der Waals surface area contributed by atoms with Crippen molar-refractivity contribution in [3.63, 3.8) is 0 Å². The monoisotopic (exact) mass is 216 g/mol. The van der Waals surface area contributed by atoms with Gasteiger partial charge in [0.25, 0.3) is 0 Å². The van der Waals surface area contributed by atoms with E-state index in [1.165, 1.54) is 0 Å². The minimum atomic E-state index is -0.499. The number of aliphatic hydroxyl groups is 1. The molecule has 2 amide bonds. The van der Waals surface area contributed by atoms with E-state index in [1.807, 2.05) is 20.8 Å². The van der Waals surface area contributed by atoms with Gasteiger partial charge in [0.2, 0.25) is 11.8 Å². The Labute approximate surface area is 90.0 Å². The van der Waals surface area contributed by atoms with Crippen LogP contribution in [-0.4, -0.2) is 29.6 Å². The lowest BCUT2D eigenvalue weighted by atomic mass is 9.87. The molecule has 0 aromatic rings. The molecule has 0 bridgehead atoms. The van der Waals surface area contributed by atoms with Crippen molar-refractivity contribution in [2.75, 3.05) is 6.61 Å². The number of hydrogen-bond donors (Lipinski definition) is 3. The second-order valence-corrected chi connectivity index (χ2v) is 4.64. The smallest absolute Gasteiger partial charge is 0.220 e. The molecule has 0 radical (unpaired) electrons. The summed E-state index contributed by atoms with van der Waals surface area (Å²) in [7, 11) is 0. The fourth-order valence-electron chi connectivity index (χ4n) is 1.04. The van der Waals surface area contributed by atoms with Gasteiger partial charge in [0.05, 0.1) is 12.6 Å². The van der Waals surface area contributed by atoms with Crippen LogP contribution in [0.1, 0.15) is 33.6 Å². The van der Waals surface area contributed by atoms with E-state index in [0.29, 0.717) is 0 Å². The van der Waals surface area contributed by atoms with Crippen molar-refractivity contribution in [2.24, 2.45) is 11.1 Å². The highest BCUT2D eigenvalue weighted by atomic mass is 16.3. The molecule has 5 nitrogen and oxygen atoms in total. The van der Waals surface area contributed by atoms with Crippen LogP contribution in [0.4, 0.5) is 0 Å². The van der Waals surface area contributed by atoms with E-state index in [2.05, 4.69) is 5.32 Å². The molecule has 1 atom stereocenters. The summed E-state index contributed by atoms with van der Waals surface area (Å²) >= 11 is 0. The zero-order chi connectivity index (χ0) is 12.1. The maximum atomic E-state index is 11.3. The Morgan fingerprint density at radius 1 is 1.33 bits per heavy atom. The summed E-state index contributed by atoms with van der Waals surface area (Å²) in [6.07, 6.45) is 0.107. The quantitative estimate of drug-likeness (QED) is 0.593. The number of primary amides is 1. The van der Waals surface area contributed by atoms with Crippen molar-refractivity contribution in [2.45, 2.75) is 39.7 Å². The average Bonchev–Trinajstić information content (AvgIpc) is 2.08. The Kier molecular flexibility index (Phi) is 5.28. The Morgan fingerprint density at radius 3 is 2.20 bits per heavy atom. The van der Waals surface area contributed by atoms with Crippen LogP contribution in [0.3, 0.4) is 0 Å². The van der Waals surface area contributed by atoms with Crippen LogP contribution in [0, 0.1) is 5.41 Å². The number of rotatable bonds is 5. The summed E-state index contributed by atoms with van der Waals surface area (Å²) in [5, 5.41) is 11.7. The first-order valence-corrected chi connectivity index (χ1v) is 4.96. The van der Waals surface area contributed by atoms with Gasteiger partial charge in [-0.05, 0) is 5.41 Å². The van der Waals surface area contributed by atoms with Crippen LogP contribution in [0.15, 0.2) is 0 Å². The zero-order valence-corrected chi connectivity index (χ0v) is 9.54. The van der Waals surface area contributed by atoms with Crippen LogP contribution >= 0.6 is 0 Å². The largest absolute Gasteiger partial charge is 0.394 e. The van der Waals surface area contributed by atoms with E-state index in [-0.39, 0.29) is 36.8 Å². The van der Waals surface area contributed by atoms with Crippen LogP contribution < -0.4 is 11.1 Å². The molecule has 0 rings (SSSR count). The van der Waals surface area contributed by atoms with Gasteiger partial charge in [-0.2, -0.15) is 0 Å². The zero-order valence-electron chi connectivity index (χ0n) is 9.54. The SMILES string of the molecule is CC(C)(C)[C@@H](CO)NC(=O)CCC(N)=O. The van der Waals surface area contributed by atoms with Crippen LogP contribution in [-0.2, 0) is 9.59 Å². The van der Waals surface area contributed by atoms with Gasteiger partial charge in [-0.15, -0.1) is 0 Å². The van der Waals surface area contributed by atoms with Crippen LogP contribution in [0.2, 0.25) is 0 Å². The van der Waals surface area contributed by atoms with Gasteiger partial charge < -0.3 is 16.2 Å². The lowest BCUT2D eigenvalue weighted by Crippen LogP contribution is -2.46. The summed E-state index contributed by atoms with van der Waals surface area (Å²) in [4.78, 5) is 21.8. The van der Waals surface area contributed by atoms with Gasteiger partial charge in [-0.25, -0.2) is 0 Å². The van der Waals surface area contributed by atoms with E-state index < -0.39 is 5.91 Å². The maximum Gasteiger partial charge on any atom is 0.220 e. The van der Waals surface area contributed by atoms with Gasteiger partial charge in [-0.1, -0.05) is 20.8 Å². The molecule has 0 aliphatic heterocycles. The molecule has 5 heteroatoms. The lowest BCUT2D eigenvalue weighted by molar-refractivity contribution is -0.126. The molecule has 0 fully saturated rings. The highest BCUT2D eigenvalue weighted by Gasteiger charge is 2.25. The number of nitrogens with one attached hydrogen (secondary N) is 1. The number of amides is 2. The molecule has 15 heavy (non-hydrogen) atoms. The van der Waals surface area contributed by atoms with Crippen molar-refractivity contribution < 1.29 is 14.7 Å². The molecular formula is C10H20N2O3. The first-order valence-electron chi connectivity index (χ1n) is 4.96. The van der Waals surface area contributed by atoms with Gasteiger partial charge >= 0.3 is 0 Å². The average molecular weight is 216 g/mol. The van der Waals surface area contributed by atoms with E-state index in [9.17, 15) is 9.59 Å². The Bertz CT molecular complexity index is 233. The van der Waals surface area contributed by atoms with Crippen molar-refractivity contribution in [3.8, 4) is 0 Å². The van der Waals surface area contributed by atoms with Crippen molar-refractivity contribution in [1.29, 1.82) is 0 Å². The Morgan fingerprint density at radius 2 is 1.87 bits per heavy atom. The number of nitrogens with two attached hydrogens (primary N) is 1. The first-order chi connectivity index (χ1) is 6.77. The second-order valence-electron chi connectivity index (χ2n) is 4.64. The molecule has 0 heterocycles. The summed E-state index contributed by atoms with van der Waals surface area (Å²) in [5.74, 6) is -0.760. The van der Waals surface area contributed by atoms with Crippen molar-refractivity contribution in [3.05, 3.63) is 0 Å². The molecule has 0 aliphatic rings. The fraction of sp³-hybridized carbons (Fsp3) is 0.800. The molecule has 0 saturated carbocycles. The van der Waals surface area contributed by atoms with E-state index >= 15 is 0 Å². The molecule has 0 spiro atoms. The molecule has 88 valence electrons. The third-order valence-electron chi connectivity index (χ3n) is 2.16. The normalized spacial score (nSPS) is 13.3. The summed E-state index contributed by atoms with van der Waals surface area (Å²) < 4.78 is 0. The number of aliphatic hydroxyl groups excluding tert-OH is 1. The van der Waals surface area contributed by atoms with Gasteiger partial charge in [0.15, 0.2) is 0 Å². The summed E-state index contributed by atoms with van der Waals surface area (Å²) in [6.45, 7) is 5.64. The van der Waals surface area contributed by atoms with Crippen molar-refractivity contribution in [1.82, 2.24) is 5.32 Å². The Hall–Kier alpha value is -1.10. The van der Waals surface area contributed by atoms with Crippen LogP contribution in [0.5, 0.6) is 0 Å². The van der Waals surface area contributed by atoms with Crippen LogP contribution in [0.25, 0.3) is 0 Å². The fourth-order valence-corrected chi connectivity index (χ4v) is 1.04. The number of carbonyl (C=O) groups is 2. The molecule has 0 aromatic heterocycles. The lowest BCUT2D eigenvalue weighted by Gasteiger charge is -2.29. The molecular weight excluding hydrogens is 196 g/mol. The first kappa shape index (κ1) is 13.9. The minimum Gasteiger partial charge on any atom is -0.394 e. The Balaban J connectivity index is 4.08. The molecule has 0 unspecified atom stereocenters. The van der Waals surface area contributed by atoms with Gasteiger partial charge in [-0.3, -0.25) is 9.59 Å². The van der Waals surface area contributed by atoms with Gasteiger partial charge in [0.1, 0.15) is 0 Å². The highest BCUT2D eigenvalue weighted by molar-refractivity contribution is 5.82. The molecule has 4 N–H and O–H groups in total. The van der Waals surface area contributed by atoms with Crippen molar-refractivity contribution >= 4 is 11.8 Å². The maximum absolute atomic E-state index is 11.3. The third kappa shape index (κ3) is 6.06. The topological polar surface area (TPSA) is 92.4 Å². The van der Waals surface area contributed by atoms with E-state index in [4.69, 9.17) is 10.8 Å². The van der Waals surface area contributed by atoms with E-state index in [1.54, 1.807) is 0 Å². The number of hydrogen-bond acceptors (Lipinski definition) is 3. The third-order valence-corrected chi connectivity index (χ3v) is 2.16.